The minimum atomic E-state index is -0.297. The average Bonchev–Trinajstić information content (AvgIpc) is 3.27. The highest BCUT2D eigenvalue weighted by Gasteiger charge is 2.24. The number of benzene rings is 2. The molecule has 1 aromatic heterocycles. The summed E-state index contributed by atoms with van der Waals surface area (Å²) in [5.41, 5.74) is 1.82. The van der Waals surface area contributed by atoms with Gasteiger partial charge in [-0.15, -0.1) is 0 Å². The monoisotopic (exact) mass is 451 g/mol. The number of carbonyl (C=O) groups is 1. The van der Waals surface area contributed by atoms with E-state index in [1.807, 2.05) is 24.3 Å². The Bertz CT molecular complexity index is 1160. The maximum atomic E-state index is 12.9. The molecule has 0 atom stereocenters. The van der Waals surface area contributed by atoms with Crippen molar-refractivity contribution in [2.24, 2.45) is 0 Å². The van der Waals surface area contributed by atoms with E-state index in [0.717, 1.165) is 5.69 Å². The number of piperazine rings is 1. The smallest absolute Gasteiger partial charge is 0.264 e. The molecule has 156 valence electrons. The number of hydrogen-bond donors (Lipinski definition) is 0. The number of nitriles is 1. The fourth-order valence-corrected chi connectivity index (χ4v) is 3.91. The molecule has 2 aromatic carbocycles. The van der Waals surface area contributed by atoms with Crippen molar-refractivity contribution < 1.29 is 9.21 Å². The van der Waals surface area contributed by atoms with Crippen LogP contribution in [0.2, 0.25) is 10.0 Å². The van der Waals surface area contributed by atoms with Crippen LogP contribution in [0.15, 0.2) is 70.7 Å². The summed E-state index contributed by atoms with van der Waals surface area (Å²) in [6.45, 7) is 2.53. The number of nitrogens with zero attached hydrogens (tertiary/aromatic N) is 3. The van der Waals surface area contributed by atoms with Gasteiger partial charge in [-0.2, -0.15) is 5.26 Å². The van der Waals surface area contributed by atoms with E-state index in [2.05, 4.69) is 17.0 Å². The van der Waals surface area contributed by atoms with Gasteiger partial charge in [0.1, 0.15) is 23.2 Å². The maximum Gasteiger partial charge on any atom is 0.264 e. The van der Waals surface area contributed by atoms with Gasteiger partial charge < -0.3 is 14.2 Å². The zero-order valence-corrected chi connectivity index (χ0v) is 18.1. The van der Waals surface area contributed by atoms with Crippen molar-refractivity contribution in [1.29, 1.82) is 5.26 Å². The summed E-state index contributed by atoms with van der Waals surface area (Å²) in [6, 6.07) is 20.6. The zero-order valence-electron chi connectivity index (χ0n) is 16.6. The summed E-state index contributed by atoms with van der Waals surface area (Å²) in [5.74, 6) is 0.618. The van der Waals surface area contributed by atoms with Crippen LogP contribution < -0.4 is 4.90 Å². The number of para-hydroxylation sites is 1. The first-order valence-corrected chi connectivity index (χ1v) is 10.6. The van der Waals surface area contributed by atoms with E-state index >= 15 is 0 Å². The van der Waals surface area contributed by atoms with Crippen LogP contribution in [-0.2, 0) is 4.79 Å². The third-order valence-electron chi connectivity index (χ3n) is 5.15. The van der Waals surface area contributed by atoms with E-state index in [9.17, 15) is 10.1 Å². The van der Waals surface area contributed by atoms with Crippen LogP contribution in [0.5, 0.6) is 0 Å². The molecule has 31 heavy (non-hydrogen) atoms. The fraction of sp³-hybridized carbons (Fsp3) is 0.167. The van der Waals surface area contributed by atoms with Gasteiger partial charge in [-0.3, -0.25) is 4.79 Å². The lowest BCUT2D eigenvalue weighted by molar-refractivity contribution is -0.126. The Balaban J connectivity index is 1.47. The lowest BCUT2D eigenvalue weighted by atomic mass is 10.1. The topological polar surface area (TPSA) is 60.5 Å². The predicted molar refractivity (Wildman–Crippen MR) is 123 cm³/mol. The highest BCUT2D eigenvalue weighted by Crippen LogP contribution is 2.32. The van der Waals surface area contributed by atoms with Crippen molar-refractivity contribution in [1.82, 2.24) is 4.90 Å². The molecule has 1 amide bonds. The number of furan rings is 1. The van der Waals surface area contributed by atoms with E-state index in [-0.39, 0.29) is 11.5 Å². The van der Waals surface area contributed by atoms with E-state index in [4.69, 9.17) is 27.6 Å². The van der Waals surface area contributed by atoms with Crippen LogP contribution in [0.25, 0.3) is 17.4 Å². The third-order valence-corrected chi connectivity index (χ3v) is 5.71. The molecule has 1 aliphatic heterocycles. The minimum absolute atomic E-state index is 0.0336. The van der Waals surface area contributed by atoms with Gasteiger partial charge in [0.15, 0.2) is 0 Å². The zero-order chi connectivity index (χ0) is 21.8. The number of carbonyl (C=O) groups excluding carboxylic acids is 1. The quantitative estimate of drug-likeness (QED) is 0.387. The van der Waals surface area contributed by atoms with Crippen molar-refractivity contribution in [2.75, 3.05) is 31.1 Å². The normalized spacial score (nSPS) is 14.4. The second kappa shape index (κ2) is 9.30. The number of anilines is 1. The van der Waals surface area contributed by atoms with Crippen molar-refractivity contribution in [3.05, 3.63) is 82.0 Å². The van der Waals surface area contributed by atoms with Crippen LogP contribution in [0.1, 0.15) is 5.76 Å². The Hall–Kier alpha value is -3.20. The largest absolute Gasteiger partial charge is 0.457 e. The van der Waals surface area contributed by atoms with Crippen molar-refractivity contribution in [2.45, 2.75) is 0 Å². The molecule has 2 heterocycles. The second-order valence-corrected chi connectivity index (χ2v) is 7.95. The molecular weight excluding hydrogens is 433 g/mol. The molecule has 5 nitrogen and oxygen atoms in total. The van der Waals surface area contributed by atoms with Gasteiger partial charge in [-0.05, 0) is 42.5 Å². The molecular formula is C24H19Cl2N3O2. The predicted octanol–water partition coefficient (Wildman–Crippen LogP) is 5.51. The minimum Gasteiger partial charge on any atom is -0.457 e. The third kappa shape index (κ3) is 4.77. The van der Waals surface area contributed by atoms with Crippen molar-refractivity contribution in [3.63, 3.8) is 0 Å². The number of rotatable bonds is 4. The number of halogens is 2. The summed E-state index contributed by atoms with van der Waals surface area (Å²) in [6.07, 6.45) is 1.47. The first-order chi connectivity index (χ1) is 15.0. The van der Waals surface area contributed by atoms with Crippen molar-refractivity contribution in [3.8, 4) is 17.4 Å². The Morgan fingerprint density at radius 2 is 1.74 bits per heavy atom. The molecule has 1 saturated heterocycles. The van der Waals surface area contributed by atoms with Crippen LogP contribution in [0.4, 0.5) is 5.69 Å². The van der Waals surface area contributed by atoms with E-state index in [0.29, 0.717) is 53.3 Å². The molecule has 0 radical (unpaired) electrons. The van der Waals surface area contributed by atoms with Crippen molar-refractivity contribution >= 4 is 40.9 Å². The molecule has 0 spiro atoms. The van der Waals surface area contributed by atoms with Crippen LogP contribution in [0.3, 0.4) is 0 Å². The van der Waals surface area contributed by atoms with Gasteiger partial charge in [0.05, 0.1) is 5.02 Å². The highest BCUT2D eigenvalue weighted by atomic mass is 35.5. The average molecular weight is 452 g/mol. The number of amides is 1. The lowest BCUT2D eigenvalue weighted by Crippen LogP contribution is -2.49. The molecule has 4 rings (SSSR count). The number of hydrogen-bond acceptors (Lipinski definition) is 4. The summed E-state index contributed by atoms with van der Waals surface area (Å²) in [4.78, 5) is 16.8. The molecule has 0 unspecified atom stereocenters. The fourth-order valence-electron chi connectivity index (χ4n) is 3.52. The van der Waals surface area contributed by atoms with Gasteiger partial charge >= 0.3 is 0 Å². The Morgan fingerprint density at radius 1 is 1.00 bits per heavy atom. The molecule has 1 fully saturated rings. The van der Waals surface area contributed by atoms with Crippen LogP contribution in [-0.4, -0.2) is 37.0 Å². The van der Waals surface area contributed by atoms with Gasteiger partial charge in [-0.25, -0.2) is 0 Å². The van der Waals surface area contributed by atoms with Gasteiger partial charge in [0.25, 0.3) is 5.91 Å². The highest BCUT2D eigenvalue weighted by molar-refractivity contribution is 6.35. The molecule has 3 aromatic rings. The van der Waals surface area contributed by atoms with Gasteiger partial charge in [-0.1, -0.05) is 41.4 Å². The molecule has 0 N–H and O–H groups in total. The molecule has 1 aliphatic rings. The van der Waals surface area contributed by atoms with Crippen LogP contribution in [0, 0.1) is 11.3 Å². The first-order valence-electron chi connectivity index (χ1n) is 9.81. The summed E-state index contributed by atoms with van der Waals surface area (Å²) < 4.78 is 5.80. The molecule has 0 aliphatic carbocycles. The summed E-state index contributed by atoms with van der Waals surface area (Å²) in [5, 5.41) is 10.6. The molecule has 0 bridgehead atoms. The molecule has 0 saturated carbocycles. The summed E-state index contributed by atoms with van der Waals surface area (Å²) >= 11 is 12.3. The second-order valence-electron chi connectivity index (χ2n) is 7.11. The summed E-state index contributed by atoms with van der Waals surface area (Å²) in [7, 11) is 0. The Morgan fingerprint density at radius 3 is 2.45 bits per heavy atom. The molecule has 7 heteroatoms. The first kappa shape index (κ1) is 21.0. The Kier molecular flexibility index (Phi) is 6.31. The standard InChI is InChI=1S/C24H19Cl2N3O2/c25-18-6-8-22(26)21(15-18)23-9-7-20(31-23)14-17(16-27)24(30)29-12-10-28(11-13-29)19-4-2-1-3-5-19/h1-9,14-15H,10-13H2/b17-14-. The maximum absolute atomic E-state index is 12.9. The van der Waals surface area contributed by atoms with E-state index in [1.54, 1.807) is 35.2 Å². The van der Waals surface area contributed by atoms with E-state index in [1.165, 1.54) is 6.08 Å². The van der Waals surface area contributed by atoms with Gasteiger partial charge in [0.2, 0.25) is 0 Å². The SMILES string of the molecule is N#C/C(=C/c1ccc(-c2cc(Cl)ccc2Cl)o1)C(=O)N1CCN(c2ccccc2)CC1. The van der Waals surface area contributed by atoms with Crippen LogP contribution >= 0.6 is 23.2 Å². The lowest BCUT2D eigenvalue weighted by Gasteiger charge is -2.36. The Labute approximate surface area is 190 Å². The van der Waals surface area contributed by atoms with Gasteiger partial charge in [0, 0.05) is 48.5 Å². The van der Waals surface area contributed by atoms with E-state index < -0.39 is 0 Å².